The van der Waals surface area contributed by atoms with Gasteiger partial charge in [-0.1, -0.05) is 32.4 Å². The highest BCUT2D eigenvalue weighted by atomic mass is 35.5. The van der Waals surface area contributed by atoms with Gasteiger partial charge in [0.05, 0.1) is 25.0 Å². The molecule has 0 bridgehead atoms. The number of anilines is 1. The highest BCUT2D eigenvalue weighted by Gasteiger charge is 2.16. The van der Waals surface area contributed by atoms with Crippen molar-refractivity contribution in [1.82, 2.24) is 9.78 Å². The zero-order valence-electron chi connectivity index (χ0n) is 12.0. The van der Waals surface area contributed by atoms with Crippen molar-refractivity contribution in [2.24, 2.45) is 5.41 Å². The minimum Gasteiger partial charge on any atom is -0.383 e. The minimum absolute atomic E-state index is 0.147. The van der Waals surface area contributed by atoms with Gasteiger partial charge in [0, 0.05) is 13.7 Å². The lowest BCUT2D eigenvalue weighted by molar-refractivity contribution is 0.182. The van der Waals surface area contributed by atoms with E-state index in [1.54, 1.807) is 13.3 Å². The number of nitrogens with zero attached hydrogens (tertiary/aromatic N) is 2. The van der Waals surface area contributed by atoms with E-state index in [0.717, 1.165) is 13.0 Å². The maximum atomic E-state index is 12.0. The number of hydrogen-bond donors (Lipinski definition) is 1. The highest BCUT2D eigenvalue weighted by molar-refractivity contribution is 6.32. The summed E-state index contributed by atoms with van der Waals surface area (Å²) in [7, 11) is 1.58. The van der Waals surface area contributed by atoms with Crippen LogP contribution >= 0.6 is 11.6 Å². The van der Waals surface area contributed by atoms with Gasteiger partial charge in [0.25, 0.3) is 5.56 Å². The number of halogens is 1. The molecule has 0 aliphatic carbocycles. The summed E-state index contributed by atoms with van der Waals surface area (Å²) in [4.78, 5) is 12.0. The summed E-state index contributed by atoms with van der Waals surface area (Å²) in [6.07, 6.45) is 2.63. The Balaban J connectivity index is 2.82. The fourth-order valence-corrected chi connectivity index (χ4v) is 1.60. The lowest BCUT2D eigenvalue weighted by Crippen LogP contribution is -2.28. The first kappa shape index (κ1) is 16.0. The highest BCUT2D eigenvalue weighted by Crippen LogP contribution is 2.22. The summed E-state index contributed by atoms with van der Waals surface area (Å²) in [5.41, 5.74) is 0.439. The summed E-state index contributed by atoms with van der Waals surface area (Å²) in [5.74, 6) is 0. The monoisotopic (exact) mass is 287 g/mol. The minimum atomic E-state index is -0.293. The molecular formula is C13H22ClN3O2. The fraction of sp³-hybridized carbons (Fsp3) is 0.692. The Labute approximate surface area is 118 Å². The standard InChI is InChI=1S/C13H22ClN3O2/c1-5-13(2,3)9-15-10-8-16-17(6-7-19-4)12(18)11(10)14/h8,15H,5-7,9H2,1-4H3. The van der Waals surface area contributed by atoms with Crippen LogP contribution in [0.2, 0.25) is 5.02 Å². The normalized spacial score (nSPS) is 11.6. The van der Waals surface area contributed by atoms with Crippen molar-refractivity contribution in [1.29, 1.82) is 0 Å². The van der Waals surface area contributed by atoms with Crippen LogP contribution in [0.5, 0.6) is 0 Å². The van der Waals surface area contributed by atoms with Crippen molar-refractivity contribution >= 4 is 17.3 Å². The molecule has 5 nitrogen and oxygen atoms in total. The molecule has 1 rings (SSSR count). The molecule has 1 heterocycles. The second kappa shape index (κ2) is 6.91. The van der Waals surface area contributed by atoms with Gasteiger partial charge in [0.1, 0.15) is 5.02 Å². The van der Waals surface area contributed by atoms with Crippen LogP contribution in [0.3, 0.4) is 0 Å². The molecule has 1 aromatic rings. The number of nitrogens with one attached hydrogen (secondary N) is 1. The van der Waals surface area contributed by atoms with E-state index in [0.29, 0.717) is 18.8 Å². The van der Waals surface area contributed by atoms with Crippen LogP contribution in [-0.2, 0) is 11.3 Å². The summed E-state index contributed by atoms with van der Waals surface area (Å²) < 4.78 is 6.23. The SMILES string of the molecule is CCC(C)(C)CNc1cnn(CCOC)c(=O)c1Cl. The third-order valence-corrected chi connectivity index (χ3v) is 3.57. The van der Waals surface area contributed by atoms with Gasteiger partial charge >= 0.3 is 0 Å². The Morgan fingerprint density at radius 1 is 1.53 bits per heavy atom. The molecule has 6 heteroatoms. The molecule has 0 fully saturated rings. The number of rotatable bonds is 7. The van der Waals surface area contributed by atoms with Gasteiger partial charge < -0.3 is 10.1 Å². The predicted octanol–water partition coefficient (Wildman–Crippen LogP) is 2.39. The van der Waals surface area contributed by atoms with E-state index >= 15 is 0 Å². The second-order valence-electron chi connectivity index (χ2n) is 5.26. The molecule has 108 valence electrons. The number of hydrogen-bond acceptors (Lipinski definition) is 4. The maximum absolute atomic E-state index is 12.0. The van der Waals surface area contributed by atoms with Gasteiger partial charge in [-0.05, 0) is 11.8 Å². The predicted molar refractivity (Wildman–Crippen MR) is 77.9 cm³/mol. The molecule has 1 N–H and O–H groups in total. The molecule has 0 aliphatic rings. The van der Waals surface area contributed by atoms with Crippen molar-refractivity contribution in [3.8, 4) is 0 Å². The summed E-state index contributed by atoms with van der Waals surface area (Å²) in [6, 6.07) is 0. The molecule has 0 saturated carbocycles. The third-order valence-electron chi connectivity index (χ3n) is 3.21. The topological polar surface area (TPSA) is 56.1 Å². The smallest absolute Gasteiger partial charge is 0.287 e. The zero-order valence-corrected chi connectivity index (χ0v) is 12.8. The van der Waals surface area contributed by atoms with E-state index in [1.807, 2.05) is 0 Å². The van der Waals surface area contributed by atoms with Crippen LogP contribution in [0.4, 0.5) is 5.69 Å². The van der Waals surface area contributed by atoms with E-state index in [1.165, 1.54) is 4.68 Å². The fourth-order valence-electron chi connectivity index (χ4n) is 1.38. The summed E-state index contributed by atoms with van der Waals surface area (Å²) in [5, 5.41) is 7.45. The van der Waals surface area contributed by atoms with Gasteiger partial charge in [-0.2, -0.15) is 5.10 Å². The Bertz CT molecular complexity index is 471. The lowest BCUT2D eigenvalue weighted by Gasteiger charge is -2.23. The largest absolute Gasteiger partial charge is 0.383 e. The van der Waals surface area contributed by atoms with E-state index in [2.05, 4.69) is 31.2 Å². The molecule has 19 heavy (non-hydrogen) atoms. The molecule has 0 atom stereocenters. The van der Waals surface area contributed by atoms with E-state index in [4.69, 9.17) is 16.3 Å². The van der Waals surface area contributed by atoms with Crippen molar-refractivity contribution in [3.63, 3.8) is 0 Å². The van der Waals surface area contributed by atoms with E-state index in [-0.39, 0.29) is 16.0 Å². The average molecular weight is 288 g/mol. The van der Waals surface area contributed by atoms with Crippen molar-refractivity contribution < 1.29 is 4.74 Å². The van der Waals surface area contributed by atoms with E-state index in [9.17, 15) is 4.79 Å². The molecule has 0 saturated heterocycles. The molecule has 0 aromatic carbocycles. The number of ether oxygens (including phenoxy) is 1. The van der Waals surface area contributed by atoms with E-state index < -0.39 is 0 Å². The van der Waals surface area contributed by atoms with Gasteiger partial charge in [0.15, 0.2) is 0 Å². The average Bonchev–Trinajstić information content (AvgIpc) is 2.39. The van der Waals surface area contributed by atoms with Crippen LogP contribution in [0.15, 0.2) is 11.0 Å². The Morgan fingerprint density at radius 3 is 2.79 bits per heavy atom. The quantitative estimate of drug-likeness (QED) is 0.837. The maximum Gasteiger partial charge on any atom is 0.287 e. The lowest BCUT2D eigenvalue weighted by atomic mass is 9.90. The molecule has 1 aromatic heterocycles. The molecule has 0 radical (unpaired) electrons. The van der Waals surface area contributed by atoms with Crippen LogP contribution < -0.4 is 10.9 Å². The van der Waals surface area contributed by atoms with Gasteiger partial charge in [-0.15, -0.1) is 0 Å². The second-order valence-corrected chi connectivity index (χ2v) is 5.64. The summed E-state index contributed by atoms with van der Waals surface area (Å²) >= 11 is 6.07. The number of methoxy groups -OCH3 is 1. The first-order valence-electron chi connectivity index (χ1n) is 6.39. The first-order chi connectivity index (χ1) is 8.91. The Kier molecular flexibility index (Phi) is 5.82. The molecular weight excluding hydrogens is 266 g/mol. The third kappa shape index (κ3) is 4.51. The number of aromatic nitrogens is 2. The summed E-state index contributed by atoms with van der Waals surface area (Å²) in [6.45, 7) is 8.01. The van der Waals surface area contributed by atoms with Crippen LogP contribution in [0.25, 0.3) is 0 Å². The zero-order chi connectivity index (χ0) is 14.5. The first-order valence-corrected chi connectivity index (χ1v) is 6.77. The Morgan fingerprint density at radius 2 is 2.21 bits per heavy atom. The van der Waals surface area contributed by atoms with Gasteiger partial charge in [0.2, 0.25) is 0 Å². The van der Waals surface area contributed by atoms with Crippen LogP contribution in [0.1, 0.15) is 27.2 Å². The van der Waals surface area contributed by atoms with Crippen molar-refractivity contribution in [2.75, 3.05) is 25.6 Å². The molecule has 0 unspecified atom stereocenters. The van der Waals surface area contributed by atoms with Crippen molar-refractivity contribution in [3.05, 3.63) is 21.6 Å². The van der Waals surface area contributed by atoms with Crippen LogP contribution in [-0.4, -0.2) is 30.0 Å². The van der Waals surface area contributed by atoms with Crippen LogP contribution in [0, 0.1) is 5.41 Å². The molecule has 0 aliphatic heterocycles. The van der Waals surface area contributed by atoms with Gasteiger partial charge in [-0.25, -0.2) is 4.68 Å². The molecule has 0 spiro atoms. The van der Waals surface area contributed by atoms with Gasteiger partial charge in [-0.3, -0.25) is 4.79 Å². The Hall–Kier alpha value is -1.07. The van der Waals surface area contributed by atoms with Crippen molar-refractivity contribution in [2.45, 2.75) is 33.7 Å². The molecule has 0 amide bonds.